The fraction of sp³-hybridized carbons (Fsp3) is 0.133. The first-order valence-electron chi connectivity index (χ1n) is 6.59. The van der Waals surface area contributed by atoms with Gasteiger partial charge < -0.3 is 5.11 Å². The maximum absolute atomic E-state index is 12.9. The van der Waals surface area contributed by atoms with Crippen LogP contribution in [0.3, 0.4) is 0 Å². The van der Waals surface area contributed by atoms with Crippen molar-refractivity contribution in [1.82, 2.24) is 9.13 Å². The van der Waals surface area contributed by atoms with Crippen LogP contribution in [0, 0.1) is 5.82 Å². The van der Waals surface area contributed by atoms with Crippen molar-refractivity contribution in [1.29, 1.82) is 0 Å². The van der Waals surface area contributed by atoms with Crippen molar-refractivity contribution in [2.75, 3.05) is 0 Å². The van der Waals surface area contributed by atoms with Crippen LogP contribution in [0.1, 0.15) is 15.2 Å². The molecule has 0 aliphatic rings. The van der Waals surface area contributed by atoms with Crippen LogP contribution in [0.25, 0.3) is 10.2 Å². The molecule has 0 spiro atoms. The van der Waals surface area contributed by atoms with Gasteiger partial charge in [-0.15, -0.1) is 11.3 Å². The SMILES string of the molecule is Cn1c(=O)n(Cc2ccc(F)cc2)c(=O)c2cc(C(=O)O)sc21. The van der Waals surface area contributed by atoms with Crippen molar-refractivity contribution in [3.63, 3.8) is 0 Å². The largest absolute Gasteiger partial charge is 0.477 e. The molecule has 1 aromatic carbocycles. The maximum Gasteiger partial charge on any atom is 0.345 e. The van der Waals surface area contributed by atoms with Crippen LogP contribution in [-0.2, 0) is 13.6 Å². The van der Waals surface area contributed by atoms with E-state index in [1.807, 2.05) is 0 Å². The fourth-order valence-electron chi connectivity index (χ4n) is 2.30. The molecule has 0 atom stereocenters. The minimum absolute atomic E-state index is 0.00775. The van der Waals surface area contributed by atoms with E-state index >= 15 is 0 Å². The Hall–Kier alpha value is -2.74. The van der Waals surface area contributed by atoms with Gasteiger partial charge in [0.1, 0.15) is 15.5 Å². The van der Waals surface area contributed by atoms with Gasteiger partial charge in [-0.1, -0.05) is 12.1 Å². The molecule has 3 rings (SSSR count). The third-order valence-corrected chi connectivity index (χ3v) is 4.67. The average Bonchev–Trinajstić information content (AvgIpc) is 2.97. The number of aromatic carboxylic acids is 1. The number of aryl methyl sites for hydroxylation is 1. The zero-order chi connectivity index (χ0) is 16.7. The fourth-order valence-corrected chi connectivity index (χ4v) is 3.24. The smallest absolute Gasteiger partial charge is 0.345 e. The Morgan fingerprint density at radius 1 is 1.26 bits per heavy atom. The van der Waals surface area contributed by atoms with Gasteiger partial charge in [0.15, 0.2) is 0 Å². The van der Waals surface area contributed by atoms with Gasteiger partial charge in [-0.05, 0) is 23.8 Å². The summed E-state index contributed by atoms with van der Waals surface area (Å²) in [6.07, 6.45) is 0. The van der Waals surface area contributed by atoms with Gasteiger partial charge in [0.2, 0.25) is 0 Å². The first-order valence-corrected chi connectivity index (χ1v) is 7.41. The highest BCUT2D eigenvalue weighted by molar-refractivity contribution is 7.20. The summed E-state index contributed by atoms with van der Waals surface area (Å²) >= 11 is 0.878. The quantitative estimate of drug-likeness (QED) is 0.790. The van der Waals surface area contributed by atoms with E-state index in [-0.39, 0.29) is 16.8 Å². The van der Waals surface area contributed by atoms with Gasteiger partial charge in [-0.2, -0.15) is 0 Å². The summed E-state index contributed by atoms with van der Waals surface area (Å²) in [4.78, 5) is 36.2. The molecule has 0 bridgehead atoms. The van der Waals surface area contributed by atoms with Gasteiger partial charge in [0.25, 0.3) is 5.56 Å². The summed E-state index contributed by atoms with van der Waals surface area (Å²) in [6, 6.07) is 6.74. The topological polar surface area (TPSA) is 81.3 Å². The molecule has 118 valence electrons. The summed E-state index contributed by atoms with van der Waals surface area (Å²) in [7, 11) is 1.48. The third kappa shape index (κ3) is 2.57. The summed E-state index contributed by atoms with van der Waals surface area (Å²) in [6.45, 7) is -0.0139. The Bertz CT molecular complexity index is 1030. The van der Waals surface area contributed by atoms with E-state index in [2.05, 4.69) is 0 Å². The van der Waals surface area contributed by atoms with E-state index in [1.165, 1.54) is 41.9 Å². The Morgan fingerprint density at radius 3 is 2.52 bits per heavy atom. The van der Waals surface area contributed by atoms with Crippen molar-refractivity contribution in [2.24, 2.45) is 7.05 Å². The Labute approximate surface area is 132 Å². The van der Waals surface area contributed by atoms with E-state index in [1.54, 1.807) is 0 Å². The Morgan fingerprint density at radius 2 is 1.91 bits per heavy atom. The van der Waals surface area contributed by atoms with Crippen LogP contribution in [0.2, 0.25) is 0 Å². The molecule has 0 saturated heterocycles. The summed E-state index contributed by atoms with van der Waals surface area (Å²) in [5.74, 6) is -1.56. The van der Waals surface area contributed by atoms with E-state index in [0.717, 1.165) is 15.9 Å². The predicted octanol–water partition coefficient (Wildman–Crippen LogP) is 1.65. The molecular formula is C15H11FN2O4S. The second-order valence-electron chi connectivity index (χ2n) is 4.99. The number of nitrogens with zero attached hydrogens (tertiary/aromatic N) is 2. The molecule has 2 heterocycles. The molecular weight excluding hydrogens is 323 g/mol. The molecule has 1 N–H and O–H groups in total. The van der Waals surface area contributed by atoms with Crippen LogP contribution < -0.4 is 11.2 Å². The molecule has 0 aliphatic carbocycles. The lowest BCUT2D eigenvalue weighted by Gasteiger charge is -2.08. The lowest BCUT2D eigenvalue weighted by atomic mass is 10.2. The maximum atomic E-state index is 12.9. The molecule has 6 nitrogen and oxygen atoms in total. The van der Waals surface area contributed by atoms with Crippen LogP contribution in [0.15, 0.2) is 39.9 Å². The summed E-state index contributed by atoms with van der Waals surface area (Å²) < 4.78 is 15.2. The summed E-state index contributed by atoms with van der Waals surface area (Å²) in [5, 5.41) is 9.22. The van der Waals surface area contributed by atoms with Gasteiger partial charge in [-0.25, -0.2) is 14.0 Å². The van der Waals surface area contributed by atoms with Crippen molar-refractivity contribution in [3.8, 4) is 0 Å². The van der Waals surface area contributed by atoms with Crippen molar-refractivity contribution >= 4 is 27.5 Å². The van der Waals surface area contributed by atoms with Crippen LogP contribution in [0.4, 0.5) is 4.39 Å². The number of hydrogen-bond acceptors (Lipinski definition) is 4. The minimum Gasteiger partial charge on any atom is -0.477 e. The third-order valence-electron chi connectivity index (χ3n) is 3.48. The zero-order valence-electron chi connectivity index (χ0n) is 11.9. The monoisotopic (exact) mass is 334 g/mol. The van der Waals surface area contributed by atoms with E-state index in [9.17, 15) is 18.8 Å². The van der Waals surface area contributed by atoms with E-state index in [4.69, 9.17) is 5.11 Å². The molecule has 3 aromatic rings. The lowest BCUT2D eigenvalue weighted by molar-refractivity contribution is 0.0702. The molecule has 0 radical (unpaired) electrons. The Kier molecular flexibility index (Phi) is 3.61. The van der Waals surface area contributed by atoms with Crippen molar-refractivity contribution in [3.05, 3.63) is 67.4 Å². The highest BCUT2D eigenvalue weighted by atomic mass is 32.1. The number of carboxylic acids is 1. The second-order valence-corrected chi connectivity index (χ2v) is 6.02. The van der Waals surface area contributed by atoms with Crippen molar-refractivity contribution in [2.45, 2.75) is 6.54 Å². The average molecular weight is 334 g/mol. The van der Waals surface area contributed by atoms with Gasteiger partial charge in [0, 0.05) is 7.05 Å². The summed E-state index contributed by atoms with van der Waals surface area (Å²) in [5.41, 5.74) is -0.513. The zero-order valence-corrected chi connectivity index (χ0v) is 12.8. The molecule has 0 aliphatic heterocycles. The Balaban J connectivity index is 2.21. The van der Waals surface area contributed by atoms with E-state index < -0.39 is 23.0 Å². The number of aromatic nitrogens is 2. The number of halogens is 1. The molecule has 0 amide bonds. The van der Waals surface area contributed by atoms with Crippen molar-refractivity contribution < 1.29 is 14.3 Å². The normalized spacial score (nSPS) is 11.0. The first-order chi connectivity index (χ1) is 10.9. The molecule has 8 heteroatoms. The number of thiophene rings is 1. The van der Waals surface area contributed by atoms with Gasteiger partial charge in [0.05, 0.1) is 11.9 Å². The van der Waals surface area contributed by atoms with Crippen LogP contribution in [-0.4, -0.2) is 20.2 Å². The van der Waals surface area contributed by atoms with E-state index in [0.29, 0.717) is 10.4 Å². The molecule has 23 heavy (non-hydrogen) atoms. The van der Waals surface area contributed by atoms with Gasteiger partial charge in [-0.3, -0.25) is 13.9 Å². The molecule has 0 fully saturated rings. The second kappa shape index (κ2) is 5.47. The predicted molar refractivity (Wildman–Crippen MR) is 83.8 cm³/mol. The highest BCUT2D eigenvalue weighted by Gasteiger charge is 2.17. The number of rotatable bonds is 3. The number of fused-ring (bicyclic) bond motifs is 1. The highest BCUT2D eigenvalue weighted by Crippen LogP contribution is 2.21. The van der Waals surface area contributed by atoms with Crippen LogP contribution in [0.5, 0.6) is 0 Å². The molecule has 0 saturated carbocycles. The van der Waals surface area contributed by atoms with Crippen LogP contribution >= 0.6 is 11.3 Å². The lowest BCUT2D eigenvalue weighted by Crippen LogP contribution is -2.38. The number of carboxylic acid groups (broad SMARTS) is 1. The first kappa shape index (κ1) is 15.2. The molecule has 0 unspecified atom stereocenters. The number of hydrogen-bond donors (Lipinski definition) is 1. The molecule has 2 aromatic heterocycles. The number of carbonyl (C=O) groups is 1. The number of benzene rings is 1. The standard InChI is InChI=1S/C15H11FN2O4S/c1-17-13-10(6-11(23-13)14(20)21)12(19)18(15(17)22)7-8-2-4-9(16)5-3-8/h2-6H,7H2,1H3,(H,20,21). The van der Waals surface area contributed by atoms with Gasteiger partial charge >= 0.3 is 11.7 Å². The minimum atomic E-state index is -1.15.